The molecule has 0 heterocycles. The van der Waals surface area contributed by atoms with Crippen LogP contribution >= 0.6 is 0 Å². The van der Waals surface area contributed by atoms with E-state index in [-0.39, 0.29) is 6.61 Å². The van der Waals surface area contributed by atoms with Gasteiger partial charge in [-0.2, -0.15) is 5.26 Å². The number of methoxy groups -OCH3 is 1. The fourth-order valence-corrected chi connectivity index (χ4v) is 2.07. The van der Waals surface area contributed by atoms with Gasteiger partial charge in [-0.25, -0.2) is 0 Å². The van der Waals surface area contributed by atoms with E-state index in [1.165, 1.54) is 0 Å². The lowest BCUT2D eigenvalue weighted by Crippen LogP contribution is -2.02. The molecular weight excluding hydrogens is 266 g/mol. The van der Waals surface area contributed by atoms with E-state index in [2.05, 4.69) is 6.07 Å². The summed E-state index contributed by atoms with van der Waals surface area (Å²) in [5.41, 5.74) is 2.07. The average molecular weight is 283 g/mol. The number of hydrogen-bond donors (Lipinski definition) is 1. The van der Waals surface area contributed by atoms with E-state index in [0.717, 1.165) is 11.1 Å². The molecule has 0 amide bonds. The quantitative estimate of drug-likeness (QED) is 0.915. The zero-order chi connectivity index (χ0) is 15.2. The van der Waals surface area contributed by atoms with Gasteiger partial charge in [-0.1, -0.05) is 18.2 Å². The Labute approximate surface area is 124 Å². The molecule has 0 aliphatic rings. The minimum Gasteiger partial charge on any atom is -0.496 e. The topological polar surface area (TPSA) is 62.5 Å². The number of nitrogens with zero attached hydrogens (tertiary/aromatic N) is 1. The van der Waals surface area contributed by atoms with Gasteiger partial charge < -0.3 is 14.6 Å². The maximum Gasteiger partial charge on any atom is 0.125 e. The number of rotatable bonds is 5. The van der Waals surface area contributed by atoms with Crippen molar-refractivity contribution in [2.45, 2.75) is 19.6 Å². The molecule has 2 aromatic carbocycles. The normalized spacial score (nSPS) is 11.5. The van der Waals surface area contributed by atoms with Crippen molar-refractivity contribution in [3.05, 3.63) is 59.2 Å². The molecular formula is C17H17NO3. The Hall–Kier alpha value is -2.51. The SMILES string of the molecule is COc1ccc(C#N)cc1COc1ccccc1[C@@H](C)O. The molecule has 0 saturated heterocycles. The maximum absolute atomic E-state index is 9.74. The molecule has 0 aliphatic heterocycles. The van der Waals surface area contributed by atoms with Gasteiger partial charge in [0.15, 0.2) is 0 Å². The van der Waals surface area contributed by atoms with Crippen molar-refractivity contribution in [1.29, 1.82) is 5.26 Å². The van der Waals surface area contributed by atoms with Crippen LogP contribution in [0.3, 0.4) is 0 Å². The maximum atomic E-state index is 9.74. The summed E-state index contributed by atoms with van der Waals surface area (Å²) < 4.78 is 11.0. The zero-order valence-corrected chi connectivity index (χ0v) is 12.0. The highest BCUT2D eigenvalue weighted by atomic mass is 16.5. The highest BCUT2D eigenvalue weighted by molar-refractivity contribution is 5.42. The van der Waals surface area contributed by atoms with Gasteiger partial charge in [-0.05, 0) is 31.2 Å². The highest BCUT2D eigenvalue weighted by Gasteiger charge is 2.10. The van der Waals surface area contributed by atoms with Crippen LogP contribution < -0.4 is 9.47 Å². The summed E-state index contributed by atoms with van der Waals surface area (Å²) in [7, 11) is 1.58. The second-order valence-corrected chi connectivity index (χ2v) is 4.64. The van der Waals surface area contributed by atoms with E-state index in [0.29, 0.717) is 17.1 Å². The van der Waals surface area contributed by atoms with E-state index in [1.807, 2.05) is 24.3 Å². The molecule has 21 heavy (non-hydrogen) atoms. The Morgan fingerprint density at radius 3 is 2.62 bits per heavy atom. The van der Waals surface area contributed by atoms with Crippen molar-refractivity contribution in [3.63, 3.8) is 0 Å². The average Bonchev–Trinajstić information content (AvgIpc) is 2.52. The molecule has 2 aromatic rings. The van der Waals surface area contributed by atoms with E-state index in [9.17, 15) is 5.11 Å². The predicted octanol–water partition coefficient (Wildman–Crippen LogP) is 3.20. The standard InChI is InChI=1S/C17H17NO3/c1-12(19)15-5-3-4-6-17(15)21-11-14-9-13(10-18)7-8-16(14)20-2/h3-9,12,19H,11H2,1-2H3/t12-/m1/s1. The predicted molar refractivity (Wildman–Crippen MR) is 79.1 cm³/mol. The molecule has 0 fully saturated rings. The van der Waals surface area contributed by atoms with Gasteiger partial charge in [0.05, 0.1) is 24.8 Å². The van der Waals surface area contributed by atoms with Crippen LogP contribution in [-0.2, 0) is 6.61 Å². The highest BCUT2D eigenvalue weighted by Crippen LogP contribution is 2.27. The van der Waals surface area contributed by atoms with Crippen LogP contribution in [0.1, 0.15) is 29.7 Å². The van der Waals surface area contributed by atoms with Crippen LogP contribution in [0.15, 0.2) is 42.5 Å². The molecule has 4 heteroatoms. The number of aliphatic hydroxyl groups excluding tert-OH is 1. The van der Waals surface area contributed by atoms with Crippen LogP contribution in [0, 0.1) is 11.3 Å². The molecule has 108 valence electrons. The third-order valence-electron chi connectivity index (χ3n) is 3.16. The summed E-state index contributed by atoms with van der Waals surface area (Å²) in [6.45, 7) is 1.96. The Balaban J connectivity index is 2.22. The Kier molecular flexibility index (Phi) is 4.81. The summed E-state index contributed by atoms with van der Waals surface area (Å²) >= 11 is 0. The van der Waals surface area contributed by atoms with E-state index >= 15 is 0 Å². The zero-order valence-electron chi connectivity index (χ0n) is 12.0. The van der Waals surface area contributed by atoms with Crippen LogP contribution in [-0.4, -0.2) is 12.2 Å². The molecule has 1 atom stereocenters. The van der Waals surface area contributed by atoms with Crippen molar-refractivity contribution in [2.24, 2.45) is 0 Å². The fourth-order valence-electron chi connectivity index (χ4n) is 2.07. The molecule has 1 N–H and O–H groups in total. The molecule has 0 unspecified atom stereocenters. The number of benzene rings is 2. The van der Waals surface area contributed by atoms with Crippen LogP contribution in [0.25, 0.3) is 0 Å². The first-order chi connectivity index (χ1) is 10.2. The van der Waals surface area contributed by atoms with Gasteiger partial charge in [0.2, 0.25) is 0 Å². The first-order valence-corrected chi connectivity index (χ1v) is 6.62. The van der Waals surface area contributed by atoms with Crippen molar-refractivity contribution in [2.75, 3.05) is 7.11 Å². The molecule has 4 nitrogen and oxygen atoms in total. The molecule has 0 saturated carbocycles. The third-order valence-corrected chi connectivity index (χ3v) is 3.16. The van der Waals surface area contributed by atoms with Crippen molar-refractivity contribution in [1.82, 2.24) is 0 Å². The monoisotopic (exact) mass is 283 g/mol. The second kappa shape index (κ2) is 6.78. The van der Waals surface area contributed by atoms with Crippen LogP contribution in [0.4, 0.5) is 0 Å². The Bertz CT molecular complexity index is 659. The summed E-state index contributed by atoms with van der Waals surface area (Å²) in [5.74, 6) is 1.29. The van der Waals surface area contributed by atoms with Gasteiger partial charge in [0.1, 0.15) is 18.1 Å². The number of para-hydroxylation sites is 1. The Morgan fingerprint density at radius 2 is 1.95 bits per heavy atom. The van der Waals surface area contributed by atoms with Gasteiger partial charge in [-0.3, -0.25) is 0 Å². The van der Waals surface area contributed by atoms with Gasteiger partial charge in [-0.15, -0.1) is 0 Å². The summed E-state index contributed by atoms with van der Waals surface area (Å²) in [5, 5.41) is 18.7. The summed E-state index contributed by atoms with van der Waals surface area (Å²) in [6.07, 6.45) is -0.603. The molecule has 0 radical (unpaired) electrons. The molecule has 0 aliphatic carbocycles. The number of ether oxygens (including phenoxy) is 2. The van der Waals surface area contributed by atoms with Crippen LogP contribution in [0.2, 0.25) is 0 Å². The number of hydrogen-bond acceptors (Lipinski definition) is 4. The van der Waals surface area contributed by atoms with Crippen molar-refractivity contribution < 1.29 is 14.6 Å². The first kappa shape index (κ1) is 14.9. The largest absolute Gasteiger partial charge is 0.496 e. The van der Waals surface area contributed by atoms with Gasteiger partial charge in [0, 0.05) is 11.1 Å². The molecule has 0 spiro atoms. The van der Waals surface area contributed by atoms with E-state index < -0.39 is 6.10 Å². The van der Waals surface area contributed by atoms with Gasteiger partial charge in [0.25, 0.3) is 0 Å². The van der Waals surface area contributed by atoms with E-state index in [1.54, 1.807) is 32.2 Å². The van der Waals surface area contributed by atoms with Gasteiger partial charge >= 0.3 is 0 Å². The molecule has 0 aromatic heterocycles. The molecule has 0 bridgehead atoms. The van der Waals surface area contributed by atoms with Crippen molar-refractivity contribution in [3.8, 4) is 17.6 Å². The van der Waals surface area contributed by atoms with E-state index in [4.69, 9.17) is 14.7 Å². The number of nitriles is 1. The van der Waals surface area contributed by atoms with Crippen LogP contribution in [0.5, 0.6) is 11.5 Å². The summed E-state index contributed by atoms with van der Waals surface area (Å²) in [4.78, 5) is 0. The minimum atomic E-state index is -0.603. The fraction of sp³-hybridized carbons (Fsp3) is 0.235. The lowest BCUT2D eigenvalue weighted by atomic mass is 10.1. The third kappa shape index (κ3) is 3.53. The lowest BCUT2D eigenvalue weighted by molar-refractivity contribution is 0.190. The number of aliphatic hydroxyl groups is 1. The first-order valence-electron chi connectivity index (χ1n) is 6.62. The second-order valence-electron chi connectivity index (χ2n) is 4.64. The van der Waals surface area contributed by atoms with Crippen molar-refractivity contribution >= 4 is 0 Å². The summed E-state index contributed by atoms with van der Waals surface area (Å²) in [6, 6.07) is 14.6. The minimum absolute atomic E-state index is 0.266. The molecule has 2 rings (SSSR count). The smallest absolute Gasteiger partial charge is 0.125 e. The lowest BCUT2D eigenvalue weighted by Gasteiger charge is -2.14. The Morgan fingerprint density at radius 1 is 1.19 bits per heavy atom.